The number of nitrogens with one attached hydrogen (secondary N) is 1. The molecule has 176 valence electrons. The Bertz CT molecular complexity index is 958. The maximum absolute atomic E-state index is 12.9. The second kappa shape index (κ2) is 11.0. The van der Waals surface area contributed by atoms with Gasteiger partial charge >= 0.3 is 12.1 Å². The van der Waals surface area contributed by atoms with E-state index in [0.29, 0.717) is 6.54 Å². The highest BCUT2D eigenvalue weighted by Gasteiger charge is 2.30. The summed E-state index contributed by atoms with van der Waals surface area (Å²) in [6.07, 6.45) is -0.673. The molecule has 2 N–H and O–H groups in total. The zero-order valence-electron chi connectivity index (χ0n) is 19.4. The Kier molecular flexibility index (Phi) is 8.09. The summed E-state index contributed by atoms with van der Waals surface area (Å²) >= 11 is 0. The number of hydrogen-bond acceptors (Lipinski definition) is 4. The predicted molar refractivity (Wildman–Crippen MR) is 126 cm³/mol. The first-order valence-corrected chi connectivity index (χ1v) is 11.4. The summed E-state index contributed by atoms with van der Waals surface area (Å²) in [6.45, 7) is 6.55. The molecule has 0 radical (unpaired) electrons. The van der Waals surface area contributed by atoms with Gasteiger partial charge in [0.25, 0.3) is 0 Å². The molecule has 2 amide bonds. The van der Waals surface area contributed by atoms with E-state index in [9.17, 15) is 14.4 Å². The lowest BCUT2D eigenvalue weighted by atomic mass is 9.94. The molecule has 7 nitrogen and oxygen atoms in total. The van der Waals surface area contributed by atoms with Crippen molar-refractivity contribution in [1.29, 1.82) is 0 Å². The number of alkyl carbamates (subject to hydrolysis) is 1. The number of benzene rings is 2. The maximum atomic E-state index is 12.9. The lowest BCUT2D eigenvalue weighted by Crippen LogP contribution is -2.44. The van der Waals surface area contributed by atoms with Crippen LogP contribution in [-0.4, -0.2) is 54.2 Å². The Morgan fingerprint density at radius 2 is 1.61 bits per heavy atom. The summed E-state index contributed by atoms with van der Waals surface area (Å²) in [7, 11) is 0. The molecular weight excluding hydrogens is 420 g/mol. The third-order valence-corrected chi connectivity index (χ3v) is 6.22. The van der Waals surface area contributed by atoms with Crippen molar-refractivity contribution < 1.29 is 24.2 Å². The Morgan fingerprint density at radius 3 is 2.12 bits per heavy atom. The topological polar surface area (TPSA) is 95.9 Å². The standard InChI is InChI=1S/C26H32N2O5/c1-4-28(14-13-24(29)30)25(31)22(17(2)3)15-27-26(32)33-16-23-20-11-7-5-9-18(20)19-10-6-8-12-21(19)23/h5-12,17,22-23H,4,13-16H2,1-3H3,(H,27,32)(H,29,30). The zero-order valence-corrected chi connectivity index (χ0v) is 19.4. The van der Waals surface area contributed by atoms with Crippen LogP contribution in [0, 0.1) is 11.8 Å². The molecule has 1 unspecified atom stereocenters. The molecule has 7 heteroatoms. The fourth-order valence-electron chi connectivity index (χ4n) is 4.34. The quantitative estimate of drug-likeness (QED) is 0.565. The van der Waals surface area contributed by atoms with Gasteiger partial charge in [0.15, 0.2) is 0 Å². The summed E-state index contributed by atoms with van der Waals surface area (Å²) in [5, 5.41) is 11.7. The maximum Gasteiger partial charge on any atom is 0.407 e. The highest BCUT2D eigenvalue weighted by molar-refractivity contribution is 5.81. The average molecular weight is 453 g/mol. The van der Waals surface area contributed by atoms with E-state index >= 15 is 0 Å². The number of ether oxygens (including phenoxy) is 1. The Hall–Kier alpha value is -3.35. The van der Waals surface area contributed by atoms with Crippen LogP contribution in [-0.2, 0) is 14.3 Å². The third kappa shape index (κ3) is 5.72. The van der Waals surface area contributed by atoms with Crippen molar-refractivity contribution >= 4 is 18.0 Å². The van der Waals surface area contributed by atoms with Crippen molar-refractivity contribution in [3.05, 3.63) is 59.7 Å². The Balaban J connectivity index is 1.59. The van der Waals surface area contributed by atoms with Crippen LogP contribution in [0.1, 0.15) is 44.2 Å². The average Bonchev–Trinajstić information content (AvgIpc) is 3.11. The first-order valence-electron chi connectivity index (χ1n) is 11.4. The van der Waals surface area contributed by atoms with Crippen LogP contribution in [0.25, 0.3) is 11.1 Å². The van der Waals surface area contributed by atoms with Gasteiger partial charge in [-0.25, -0.2) is 4.79 Å². The van der Waals surface area contributed by atoms with Crippen LogP contribution >= 0.6 is 0 Å². The molecule has 0 bridgehead atoms. The fraction of sp³-hybridized carbons (Fsp3) is 0.423. The van der Waals surface area contributed by atoms with E-state index in [2.05, 4.69) is 29.6 Å². The number of rotatable bonds is 10. The summed E-state index contributed by atoms with van der Waals surface area (Å²) < 4.78 is 5.56. The number of nitrogens with zero attached hydrogens (tertiary/aromatic N) is 1. The summed E-state index contributed by atoms with van der Waals surface area (Å²) in [4.78, 5) is 37.8. The number of hydrogen-bond donors (Lipinski definition) is 2. The van der Waals surface area contributed by atoms with Crippen molar-refractivity contribution in [1.82, 2.24) is 10.2 Å². The van der Waals surface area contributed by atoms with Gasteiger partial charge in [-0.05, 0) is 35.1 Å². The van der Waals surface area contributed by atoms with Crippen LogP contribution in [0.2, 0.25) is 0 Å². The van der Waals surface area contributed by atoms with E-state index in [1.165, 1.54) is 4.90 Å². The molecule has 1 aliphatic rings. The zero-order chi connectivity index (χ0) is 24.0. The molecule has 0 fully saturated rings. The second-order valence-corrected chi connectivity index (χ2v) is 8.62. The van der Waals surface area contributed by atoms with E-state index < -0.39 is 18.0 Å². The first-order chi connectivity index (χ1) is 15.8. The highest BCUT2D eigenvalue weighted by Crippen LogP contribution is 2.44. The third-order valence-electron chi connectivity index (χ3n) is 6.22. The molecule has 2 aromatic rings. The molecule has 0 spiro atoms. The number of fused-ring (bicyclic) bond motifs is 3. The van der Waals surface area contributed by atoms with Crippen molar-refractivity contribution in [3.63, 3.8) is 0 Å². The van der Waals surface area contributed by atoms with Gasteiger partial charge in [-0.3, -0.25) is 9.59 Å². The monoisotopic (exact) mass is 452 g/mol. The van der Waals surface area contributed by atoms with Crippen LogP contribution in [0.3, 0.4) is 0 Å². The minimum atomic E-state index is -0.945. The molecule has 2 aromatic carbocycles. The van der Waals surface area contributed by atoms with Gasteiger partial charge in [-0.1, -0.05) is 62.4 Å². The van der Waals surface area contributed by atoms with E-state index in [0.717, 1.165) is 22.3 Å². The Labute approximate surface area is 194 Å². The number of carboxylic acid groups (broad SMARTS) is 1. The van der Waals surface area contributed by atoms with Gasteiger partial charge < -0.3 is 20.1 Å². The summed E-state index contributed by atoms with van der Waals surface area (Å²) in [5.74, 6) is -1.62. The molecule has 0 heterocycles. The van der Waals surface area contributed by atoms with Crippen molar-refractivity contribution in [2.24, 2.45) is 11.8 Å². The Morgan fingerprint density at radius 1 is 1.03 bits per heavy atom. The number of amides is 2. The minimum Gasteiger partial charge on any atom is -0.481 e. The molecule has 0 saturated carbocycles. The van der Waals surface area contributed by atoms with Gasteiger partial charge in [0.05, 0.1) is 12.3 Å². The van der Waals surface area contributed by atoms with Gasteiger partial charge in [0, 0.05) is 25.6 Å². The highest BCUT2D eigenvalue weighted by atomic mass is 16.5. The first kappa shape index (κ1) is 24.3. The lowest BCUT2D eigenvalue weighted by molar-refractivity contribution is -0.140. The van der Waals surface area contributed by atoms with Crippen molar-refractivity contribution in [2.75, 3.05) is 26.2 Å². The molecule has 0 aromatic heterocycles. The molecule has 0 saturated heterocycles. The van der Waals surface area contributed by atoms with Crippen molar-refractivity contribution in [3.8, 4) is 11.1 Å². The van der Waals surface area contributed by atoms with Crippen LogP contribution in [0.15, 0.2) is 48.5 Å². The smallest absolute Gasteiger partial charge is 0.407 e. The number of carbonyl (C=O) groups excluding carboxylic acids is 2. The van der Waals surface area contributed by atoms with Gasteiger partial charge in [0.2, 0.25) is 5.91 Å². The van der Waals surface area contributed by atoms with Crippen LogP contribution in [0.4, 0.5) is 4.79 Å². The number of aliphatic carboxylic acids is 1. The normalized spacial score (nSPS) is 13.2. The predicted octanol–water partition coefficient (Wildman–Crippen LogP) is 4.12. The molecule has 1 aliphatic carbocycles. The second-order valence-electron chi connectivity index (χ2n) is 8.62. The van der Waals surface area contributed by atoms with E-state index in [1.54, 1.807) is 0 Å². The van der Waals surface area contributed by atoms with E-state index in [1.807, 2.05) is 45.0 Å². The summed E-state index contributed by atoms with van der Waals surface area (Å²) in [6, 6.07) is 16.3. The molecule has 1 atom stereocenters. The molecule has 3 rings (SSSR count). The number of carboxylic acids is 1. The van der Waals surface area contributed by atoms with Crippen LogP contribution < -0.4 is 5.32 Å². The number of carbonyl (C=O) groups is 3. The van der Waals surface area contributed by atoms with E-state index in [4.69, 9.17) is 9.84 Å². The summed E-state index contributed by atoms with van der Waals surface area (Å²) in [5.41, 5.74) is 4.60. The largest absolute Gasteiger partial charge is 0.481 e. The molecule has 33 heavy (non-hydrogen) atoms. The van der Waals surface area contributed by atoms with Gasteiger partial charge in [-0.2, -0.15) is 0 Å². The van der Waals surface area contributed by atoms with Gasteiger partial charge in [0.1, 0.15) is 6.61 Å². The molecular formula is C26H32N2O5. The fourth-order valence-corrected chi connectivity index (χ4v) is 4.34. The van der Waals surface area contributed by atoms with Gasteiger partial charge in [-0.15, -0.1) is 0 Å². The van der Waals surface area contributed by atoms with E-state index in [-0.39, 0.29) is 43.9 Å². The SMILES string of the molecule is CCN(CCC(=O)O)C(=O)C(CNC(=O)OCC1c2ccccc2-c2ccccc21)C(C)C. The molecule has 0 aliphatic heterocycles. The minimum absolute atomic E-state index is 0.0229. The lowest BCUT2D eigenvalue weighted by Gasteiger charge is -2.28. The van der Waals surface area contributed by atoms with Crippen LogP contribution in [0.5, 0.6) is 0 Å². The van der Waals surface area contributed by atoms with Crippen molar-refractivity contribution in [2.45, 2.75) is 33.1 Å².